The van der Waals surface area contributed by atoms with Gasteiger partial charge in [0.15, 0.2) is 0 Å². The van der Waals surface area contributed by atoms with Crippen molar-refractivity contribution >= 4 is 28.9 Å². The summed E-state index contributed by atoms with van der Waals surface area (Å²) in [5.41, 5.74) is 0.808. The van der Waals surface area contributed by atoms with Crippen molar-refractivity contribution in [2.24, 2.45) is 0 Å². The Bertz CT molecular complexity index is 311. The number of carbonyl (C=O) groups excluding carboxylic acids is 1. The molecule has 0 atom stereocenters. The van der Waals surface area contributed by atoms with E-state index in [2.05, 4.69) is 4.98 Å². The van der Waals surface area contributed by atoms with E-state index in [-0.39, 0.29) is 5.97 Å². The van der Waals surface area contributed by atoms with E-state index in [1.165, 1.54) is 11.3 Å². The number of halogens is 1. The topological polar surface area (TPSA) is 39.2 Å². The number of esters is 1. The minimum absolute atomic E-state index is 0.369. The van der Waals surface area contributed by atoms with E-state index in [9.17, 15) is 4.79 Å². The molecular formula is C8H10ClNO2S. The van der Waals surface area contributed by atoms with Crippen LogP contribution >= 0.6 is 22.9 Å². The first-order chi connectivity index (χ1) is 6.19. The minimum atomic E-state index is -0.369. The molecule has 0 aliphatic rings. The Morgan fingerprint density at radius 3 is 2.85 bits per heavy atom. The van der Waals surface area contributed by atoms with E-state index < -0.39 is 0 Å². The highest BCUT2D eigenvalue weighted by molar-refractivity contribution is 7.13. The maximum atomic E-state index is 11.2. The summed E-state index contributed by atoms with van der Waals surface area (Å²) in [7, 11) is 0. The highest BCUT2D eigenvalue weighted by atomic mass is 35.5. The Balaban J connectivity index is 2.84. The Kier molecular flexibility index (Phi) is 3.69. The molecule has 72 valence electrons. The third-order valence-electron chi connectivity index (χ3n) is 1.46. The summed E-state index contributed by atoms with van der Waals surface area (Å²) in [4.78, 5) is 16.2. The van der Waals surface area contributed by atoms with Gasteiger partial charge in [0.05, 0.1) is 18.2 Å². The predicted octanol–water partition coefficient (Wildman–Crippen LogP) is 2.37. The summed E-state index contributed by atoms with van der Waals surface area (Å²) < 4.78 is 4.81. The number of hydrogen-bond donors (Lipinski definition) is 0. The minimum Gasteiger partial charge on any atom is -0.461 e. The van der Waals surface area contributed by atoms with Crippen molar-refractivity contribution in [3.8, 4) is 0 Å². The van der Waals surface area contributed by atoms with Crippen molar-refractivity contribution < 1.29 is 9.53 Å². The van der Waals surface area contributed by atoms with Crippen LogP contribution in [0.2, 0.25) is 0 Å². The van der Waals surface area contributed by atoms with Gasteiger partial charge in [-0.3, -0.25) is 0 Å². The van der Waals surface area contributed by atoms with Crippen molar-refractivity contribution in [2.75, 3.05) is 6.61 Å². The zero-order valence-electron chi connectivity index (χ0n) is 7.46. The maximum absolute atomic E-state index is 11.2. The molecule has 0 saturated heterocycles. The zero-order valence-corrected chi connectivity index (χ0v) is 9.04. The van der Waals surface area contributed by atoms with Crippen LogP contribution in [0.1, 0.15) is 27.3 Å². The lowest BCUT2D eigenvalue weighted by Gasteiger charge is -1.94. The highest BCUT2D eigenvalue weighted by Gasteiger charge is 2.14. The van der Waals surface area contributed by atoms with Crippen LogP contribution in [0.5, 0.6) is 0 Å². The summed E-state index contributed by atoms with van der Waals surface area (Å²) in [6, 6.07) is 0. The summed E-state index contributed by atoms with van der Waals surface area (Å²) in [6.45, 7) is 3.96. The van der Waals surface area contributed by atoms with E-state index in [1.54, 1.807) is 6.92 Å². The second-order valence-electron chi connectivity index (χ2n) is 2.38. The normalized spacial score (nSPS) is 10.1. The summed E-state index contributed by atoms with van der Waals surface area (Å²) >= 11 is 6.94. The van der Waals surface area contributed by atoms with Gasteiger partial charge in [0, 0.05) is 4.88 Å². The SMILES string of the molecule is CCOC(=O)c1nc(C)c(CCl)s1. The fourth-order valence-corrected chi connectivity index (χ4v) is 2.00. The van der Waals surface area contributed by atoms with Crippen LogP contribution < -0.4 is 0 Å². The Hall–Kier alpha value is -0.610. The summed E-state index contributed by atoms with van der Waals surface area (Å²) in [6.07, 6.45) is 0. The van der Waals surface area contributed by atoms with Crippen LogP contribution in [-0.2, 0) is 10.6 Å². The van der Waals surface area contributed by atoms with Crippen molar-refractivity contribution in [3.05, 3.63) is 15.6 Å². The van der Waals surface area contributed by atoms with E-state index in [0.717, 1.165) is 10.6 Å². The van der Waals surface area contributed by atoms with Crippen LogP contribution in [0, 0.1) is 6.92 Å². The zero-order chi connectivity index (χ0) is 9.84. The molecule has 1 rings (SSSR count). The third kappa shape index (κ3) is 2.42. The first-order valence-electron chi connectivity index (χ1n) is 3.88. The van der Waals surface area contributed by atoms with E-state index in [4.69, 9.17) is 16.3 Å². The first-order valence-corrected chi connectivity index (χ1v) is 5.23. The van der Waals surface area contributed by atoms with Gasteiger partial charge in [0.25, 0.3) is 0 Å². The standard InChI is InChI=1S/C8H10ClNO2S/c1-3-12-8(11)7-10-5(2)6(4-9)13-7/h3-4H2,1-2H3. The van der Waals surface area contributed by atoms with E-state index in [0.29, 0.717) is 17.5 Å². The average molecular weight is 220 g/mol. The number of aromatic nitrogens is 1. The van der Waals surface area contributed by atoms with Crippen LogP contribution in [0.25, 0.3) is 0 Å². The van der Waals surface area contributed by atoms with Crippen molar-refractivity contribution in [2.45, 2.75) is 19.7 Å². The Morgan fingerprint density at radius 2 is 2.38 bits per heavy atom. The van der Waals surface area contributed by atoms with Crippen LogP contribution in [0.15, 0.2) is 0 Å². The van der Waals surface area contributed by atoms with Gasteiger partial charge in [-0.2, -0.15) is 0 Å². The summed E-state index contributed by atoms with van der Waals surface area (Å²) in [5.74, 6) is 0.0232. The van der Waals surface area contributed by atoms with Crippen LogP contribution in [-0.4, -0.2) is 17.6 Å². The van der Waals surface area contributed by atoms with Crippen LogP contribution in [0.3, 0.4) is 0 Å². The van der Waals surface area contributed by atoms with E-state index in [1.807, 2.05) is 6.92 Å². The fourth-order valence-electron chi connectivity index (χ4n) is 0.832. The third-order valence-corrected chi connectivity index (χ3v) is 3.03. The maximum Gasteiger partial charge on any atom is 0.367 e. The molecule has 0 spiro atoms. The smallest absolute Gasteiger partial charge is 0.367 e. The fraction of sp³-hybridized carbons (Fsp3) is 0.500. The number of aryl methyl sites for hydroxylation is 1. The molecular weight excluding hydrogens is 210 g/mol. The molecule has 1 aromatic heterocycles. The second-order valence-corrected chi connectivity index (χ2v) is 3.73. The molecule has 0 bridgehead atoms. The van der Waals surface area contributed by atoms with Gasteiger partial charge in [-0.05, 0) is 13.8 Å². The lowest BCUT2D eigenvalue weighted by atomic mass is 10.4. The number of carbonyl (C=O) groups is 1. The molecule has 0 N–H and O–H groups in total. The van der Waals surface area contributed by atoms with Gasteiger partial charge < -0.3 is 4.74 Å². The molecule has 0 unspecified atom stereocenters. The molecule has 0 aliphatic carbocycles. The van der Waals surface area contributed by atoms with Crippen molar-refractivity contribution in [1.29, 1.82) is 0 Å². The van der Waals surface area contributed by atoms with Crippen molar-refractivity contribution in [1.82, 2.24) is 4.98 Å². The summed E-state index contributed by atoms with van der Waals surface area (Å²) in [5, 5.41) is 0.384. The number of rotatable bonds is 3. The van der Waals surface area contributed by atoms with E-state index >= 15 is 0 Å². The number of thiazole rings is 1. The lowest BCUT2D eigenvalue weighted by Crippen LogP contribution is -2.03. The largest absolute Gasteiger partial charge is 0.461 e. The molecule has 0 fully saturated rings. The molecule has 1 heterocycles. The van der Waals surface area contributed by atoms with Crippen LogP contribution in [0.4, 0.5) is 0 Å². The molecule has 0 radical (unpaired) electrons. The van der Waals surface area contributed by atoms with Gasteiger partial charge in [-0.15, -0.1) is 22.9 Å². The monoisotopic (exact) mass is 219 g/mol. The highest BCUT2D eigenvalue weighted by Crippen LogP contribution is 2.20. The first kappa shape index (κ1) is 10.5. The molecule has 0 aliphatic heterocycles. The van der Waals surface area contributed by atoms with Gasteiger partial charge in [-0.1, -0.05) is 0 Å². The van der Waals surface area contributed by atoms with Gasteiger partial charge in [0.2, 0.25) is 5.01 Å². The number of hydrogen-bond acceptors (Lipinski definition) is 4. The predicted molar refractivity (Wildman–Crippen MR) is 52.4 cm³/mol. The quantitative estimate of drug-likeness (QED) is 0.579. The molecule has 1 aromatic rings. The molecule has 3 nitrogen and oxygen atoms in total. The number of alkyl halides is 1. The van der Waals surface area contributed by atoms with Gasteiger partial charge >= 0.3 is 5.97 Å². The molecule has 5 heteroatoms. The molecule has 0 aromatic carbocycles. The Labute approximate surface area is 85.7 Å². The van der Waals surface area contributed by atoms with Gasteiger partial charge in [0.1, 0.15) is 0 Å². The average Bonchev–Trinajstić information content (AvgIpc) is 2.47. The lowest BCUT2D eigenvalue weighted by molar-refractivity contribution is 0.0526. The number of ether oxygens (including phenoxy) is 1. The van der Waals surface area contributed by atoms with Gasteiger partial charge in [-0.25, -0.2) is 9.78 Å². The second kappa shape index (κ2) is 4.58. The number of nitrogens with zero attached hydrogens (tertiary/aromatic N) is 1. The van der Waals surface area contributed by atoms with Crippen molar-refractivity contribution in [3.63, 3.8) is 0 Å². The molecule has 0 amide bonds. The Morgan fingerprint density at radius 1 is 1.69 bits per heavy atom. The molecule has 0 saturated carbocycles. The molecule has 13 heavy (non-hydrogen) atoms.